The van der Waals surface area contributed by atoms with Gasteiger partial charge in [0.25, 0.3) is 10.0 Å². The van der Waals surface area contributed by atoms with Crippen LogP contribution in [0.2, 0.25) is 0 Å². The van der Waals surface area contributed by atoms with Crippen molar-refractivity contribution in [2.45, 2.75) is 18.4 Å². The molecule has 0 aliphatic carbocycles. The molecule has 0 aliphatic heterocycles. The second-order valence-electron chi connectivity index (χ2n) is 4.09. The Kier molecular flexibility index (Phi) is 4.19. The predicted octanol–water partition coefficient (Wildman–Crippen LogP) is 2.33. The van der Waals surface area contributed by atoms with Crippen LogP contribution in [0.5, 0.6) is 0 Å². The molecule has 0 saturated carbocycles. The summed E-state index contributed by atoms with van der Waals surface area (Å²) >= 11 is 2.86. The second kappa shape index (κ2) is 5.60. The molecule has 0 unspecified atom stereocenters. The number of nitrogens with one attached hydrogen (secondary N) is 1. The van der Waals surface area contributed by atoms with Crippen LogP contribution in [0, 0.1) is 11.6 Å². The number of nitrogens with zero attached hydrogens (tertiary/aromatic N) is 2. The maximum atomic E-state index is 13.6. The zero-order valence-corrected chi connectivity index (χ0v) is 13.2. The molecule has 1 aromatic carbocycles. The Morgan fingerprint density at radius 1 is 1.38 bits per heavy atom. The number of hydrogen-bond donors (Lipinski definition) is 2. The minimum absolute atomic E-state index is 0.0705. The van der Waals surface area contributed by atoms with E-state index in [1.807, 2.05) is 4.72 Å². The number of nitrogens with two attached hydrogens (primary N) is 1. The highest BCUT2D eigenvalue weighted by Crippen LogP contribution is 2.27. The Morgan fingerprint density at radius 3 is 2.62 bits per heavy atom. The standard InChI is InChI=1S/C11H11BrF2N4O2S/c1-2-18-5-10(11(15)16-18)21(19,20)17-9-3-6(12)7(13)4-8(9)14/h3-5,17H,2H2,1H3,(H2,15,16). The van der Waals surface area contributed by atoms with E-state index in [1.54, 1.807) is 6.92 Å². The van der Waals surface area contributed by atoms with Crippen molar-refractivity contribution in [2.24, 2.45) is 0 Å². The van der Waals surface area contributed by atoms with Crippen LogP contribution >= 0.6 is 15.9 Å². The van der Waals surface area contributed by atoms with Crippen LogP contribution < -0.4 is 10.5 Å². The van der Waals surface area contributed by atoms with Gasteiger partial charge in [-0.15, -0.1) is 0 Å². The number of halogens is 3. The SMILES string of the molecule is CCn1cc(S(=O)(=O)Nc2cc(Br)c(F)cc2F)c(N)n1. The molecular weight excluding hydrogens is 370 g/mol. The van der Waals surface area contributed by atoms with E-state index >= 15 is 0 Å². The monoisotopic (exact) mass is 380 g/mol. The van der Waals surface area contributed by atoms with Crippen LogP contribution in [0.1, 0.15) is 6.92 Å². The molecular formula is C11H11BrF2N4O2S. The van der Waals surface area contributed by atoms with Crippen LogP contribution in [0.25, 0.3) is 0 Å². The first kappa shape index (κ1) is 15.7. The topological polar surface area (TPSA) is 90.0 Å². The number of aryl methyl sites for hydroxylation is 1. The highest BCUT2D eigenvalue weighted by Gasteiger charge is 2.23. The van der Waals surface area contributed by atoms with E-state index in [2.05, 4.69) is 21.0 Å². The van der Waals surface area contributed by atoms with E-state index < -0.39 is 27.3 Å². The van der Waals surface area contributed by atoms with E-state index in [0.717, 1.165) is 6.07 Å². The predicted molar refractivity (Wildman–Crippen MR) is 77.2 cm³/mol. The maximum absolute atomic E-state index is 13.6. The van der Waals surface area contributed by atoms with Gasteiger partial charge in [0.1, 0.15) is 16.5 Å². The minimum Gasteiger partial charge on any atom is -0.381 e. The Morgan fingerprint density at radius 2 is 2.05 bits per heavy atom. The molecule has 10 heteroatoms. The molecule has 2 rings (SSSR count). The van der Waals surface area contributed by atoms with Crippen LogP contribution in [0.4, 0.5) is 20.3 Å². The summed E-state index contributed by atoms with van der Waals surface area (Å²) in [4.78, 5) is -0.274. The summed E-state index contributed by atoms with van der Waals surface area (Å²) in [5.74, 6) is -2.08. The third-order valence-corrected chi connectivity index (χ3v) is 4.61. The van der Waals surface area contributed by atoms with Crippen molar-refractivity contribution in [3.05, 3.63) is 34.4 Å². The van der Waals surface area contributed by atoms with Crippen molar-refractivity contribution >= 4 is 37.5 Å². The summed E-state index contributed by atoms with van der Waals surface area (Å²) in [6.45, 7) is 2.18. The molecule has 0 amide bonds. The van der Waals surface area contributed by atoms with Crippen molar-refractivity contribution in [3.63, 3.8) is 0 Å². The van der Waals surface area contributed by atoms with Crippen molar-refractivity contribution in [1.29, 1.82) is 0 Å². The number of aromatic nitrogens is 2. The van der Waals surface area contributed by atoms with Gasteiger partial charge in [-0.3, -0.25) is 9.40 Å². The van der Waals surface area contributed by atoms with Gasteiger partial charge < -0.3 is 5.73 Å². The molecule has 1 heterocycles. The molecule has 2 aromatic rings. The largest absolute Gasteiger partial charge is 0.381 e. The van der Waals surface area contributed by atoms with Crippen LogP contribution in [0.3, 0.4) is 0 Å². The normalized spacial score (nSPS) is 11.6. The zero-order chi connectivity index (χ0) is 15.8. The van der Waals surface area contributed by atoms with Gasteiger partial charge in [0, 0.05) is 18.8 Å². The fraction of sp³-hybridized carbons (Fsp3) is 0.182. The average molecular weight is 381 g/mol. The van der Waals surface area contributed by atoms with Crippen LogP contribution in [0.15, 0.2) is 27.7 Å². The summed E-state index contributed by atoms with van der Waals surface area (Å²) in [5, 5.41) is 3.80. The summed E-state index contributed by atoms with van der Waals surface area (Å²) in [7, 11) is -4.13. The van der Waals surface area contributed by atoms with E-state index in [0.29, 0.717) is 12.6 Å². The van der Waals surface area contributed by atoms with Gasteiger partial charge in [-0.2, -0.15) is 5.10 Å². The van der Waals surface area contributed by atoms with Gasteiger partial charge in [0.15, 0.2) is 5.82 Å². The second-order valence-corrected chi connectivity index (χ2v) is 6.59. The molecule has 0 aliphatic rings. The smallest absolute Gasteiger partial charge is 0.267 e. The molecule has 0 radical (unpaired) electrons. The van der Waals surface area contributed by atoms with Crippen molar-refractivity contribution in [3.8, 4) is 0 Å². The number of rotatable bonds is 4. The van der Waals surface area contributed by atoms with Gasteiger partial charge in [-0.25, -0.2) is 17.2 Å². The Labute approximate surface area is 128 Å². The quantitative estimate of drug-likeness (QED) is 0.796. The summed E-state index contributed by atoms with van der Waals surface area (Å²) in [5.41, 5.74) is 5.14. The fourth-order valence-corrected chi connectivity index (χ4v) is 3.06. The highest BCUT2D eigenvalue weighted by molar-refractivity contribution is 9.10. The van der Waals surface area contributed by atoms with Crippen molar-refractivity contribution in [2.75, 3.05) is 10.5 Å². The van der Waals surface area contributed by atoms with Crippen LogP contribution in [-0.2, 0) is 16.6 Å². The number of sulfonamides is 1. The minimum atomic E-state index is -4.13. The first-order valence-electron chi connectivity index (χ1n) is 5.75. The first-order valence-corrected chi connectivity index (χ1v) is 8.02. The Balaban J connectivity index is 2.42. The van der Waals surface area contributed by atoms with Crippen molar-refractivity contribution in [1.82, 2.24) is 9.78 Å². The lowest BCUT2D eigenvalue weighted by atomic mass is 10.3. The lowest BCUT2D eigenvalue weighted by Crippen LogP contribution is -2.15. The van der Waals surface area contributed by atoms with Gasteiger partial charge in [-0.05, 0) is 28.9 Å². The average Bonchev–Trinajstić information content (AvgIpc) is 2.78. The van der Waals surface area contributed by atoms with Gasteiger partial charge >= 0.3 is 0 Å². The summed E-state index contributed by atoms with van der Waals surface area (Å²) in [6.07, 6.45) is 1.23. The molecule has 0 saturated heterocycles. The molecule has 3 N–H and O–H groups in total. The van der Waals surface area contributed by atoms with Gasteiger partial charge in [0.05, 0.1) is 10.2 Å². The fourth-order valence-electron chi connectivity index (χ4n) is 1.59. The van der Waals surface area contributed by atoms with E-state index in [-0.39, 0.29) is 15.2 Å². The number of benzene rings is 1. The third kappa shape index (κ3) is 3.16. The highest BCUT2D eigenvalue weighted by atomic mass is 79.9. The van der Waals surface area contributed by atoms with Crippen molar-refractivity contribution < 1.29 is 17.2 Å². The summed E-state index contributed by atoms with van der Waals surface area (Å²) in [6, 6.07) is 1.56. The first-order chi connectivity index (χ1) is 9.74. The van der Waals surface area contributed by atoms with Gasteiger partial charge in [-0.1, -0.05) is 0 Å². The van der Waals surface area contributed by atoms with E-state index in [1.165, 1.54) is 10.9 Å². The molecule has 1 aromatic heterocycles. The van der Waals surface area contributed by atoms with Crippen LogP contribution in [-0.4, -0.2) is 18.2 Å². The number of anilines is 2. The Hall–Kier alpha value is -1.68. The molecule has 0 spiro atoms. The molecule has 21 heavy (non-hydrogen) atoms. The van der Waals surface area contributed by atoms with Gasteiger partial charge in [0.2, 0.25) is 0 Å². The molecule has 6 nitrogen and oxygen atoms in total. The lowest BCUT2D eigenvalue weighted by molar-refractivity contribution is 0.579. The third-order valence-electron chi connectivity index (χ3n) is 2.62. The maximum Gasteiger partial charge on any atom is 0.267 e. The lowest BCUT2D eigenvalue weighted by Gasteiger charge is -2.08. The molecule has 114 valence electrons. The van der Waals surface area contributed by atoms with E-state index in [4.69, 9.17) is 5.73 Å². The molecule has 0 bridgehead atoms. The zero-order valence-electron chi connectivity index (χ0n) is 10.8. The number of nitrogen functional groups attached to an aromatic ring is 1. The number of hydrogen-bond acceptors (Lipinski definition) is 4. The summed E-state index contributed by atoms with van der Waals surface area (Å²) < 4.78 is 54.4. The Bertz CT molecular complexity index is 792. The molecule has 0 atom stereocenters. The van der Waals surface area contributed by atoms with E-state index in [9.17, 15) is 17.2 Å². The molecule has 0 fully saturated rings.